The van der Waals surface area contributed by atoms with E-state index in [-0.39, 0.29) is 31.6 Å². The Bertz CT molecular complexity index is 796. The third kappa shape index (κ3) is 8.06. The van der Waals surface area contributed by atoms with Crippen LogP contribution in [0.25, 0.3) is 0 Å². The first-order valence-electron chi connectivity index (χ1n) is 14.0. The molecule has 3 fully saturated rings. The van der Waals surface area contributed by atoms with Gasteiger partial charge in [-0.3, -0.25) is 5.41 Å². The third-order valence-corrected chi connectivity index (χ3v) is 7.91. The summed E-state index contributed by atoms with van der Waals surface area (Å²) in [7, 11) is 3.17. The van der Waals surface area contributed by atoms with Crippen LogP contribution in [0.15, 0.2) is 0 Å². The normalized spacial score (nSPS) is 43.3. The number of hydrogen-bond donors (Lipinski definition) is 10. The predicted molar refractivity (Wildman–Crippen MR) is 145 cm³/mol. The van der Waals surface area contributed by atoms with Gasteiger partial charge in [-0.05, 0) is 40.2 Å². The summed E-state index contributed by atoms with van der Waals surface area (Å²) in [6, 6.07) is -2.35. The van der Waals surface area contributed by atoms with E-state index in [1.807, 2.05) is 0 Å². The number of amidine groups is 1. The standard InChI is InChI=1S/C25H50N6O9/c1-12(33)22(28)31-16-9-15(27)18(39-23-14(26)6-5-13(38-23)10-30-7-8-32)17(34)19(16)40-24-20(36-4)21(29-3)25(2,35)11-37-24/h12-21,23-24,29-30,32-35H,5-11,26-27H2,1-4H3,(H2,28,31)/t12?,13-,14?,15-,16+,17?,18?,19?,20?,21+,23+,24+,25?/m0/s1. The summed E-state index contributed by atoms with van der Waals surface area (Å²) in [5.74, 6) is -0.155. The van der Waals surface area contributed by atoms with Gasteiger partial charge in [0.25, 0.3) is 0 Å². The molecule has 1 saturated carbocycles. The largest absolute Gasteiger partial charge is 0.395 e. The van der Waals surface area contributed by atoms with Crippen molar-refractivity contribution in [3.8, 4) is 0 Å². The topological polar surface area (TPSA) is 239 Å². The van der Waals surface area contributed by atoms with E-state index in [9.17, 15) is 15.3 Å². The molecule has 0 bridgehead atoms. The van der Waals surface area contributed by atoms with Crippen LogP contribution in [0.2, 0.25) is 0 Å². The zero-order valence-electron chi connectivity index (χ0n) is 23.9. The van der Waals surface area contributed by atoms with Crippen molar-refractivity contribution < 1.29 is 44.1 Å². The number of ether oxygens (including phenoxy) is 5. The molecule has 40 heavy (non-hydrogen) atoms. The van der Waals surface area contributed by atoms with Gasteiger partial charge in [0.05, 0.1) is 37.4 Å². The van der Waals surface area contributed by atoms with E-state index in [4.69, 9.17) is 45.7 Å². The molecule has 12 N–H and O–H groups in total. The smallest absolute Gasteiger partial charge is 0.186 e. The van der Waals surface area contributed by atoms with Gasteiger partial charge < -0.3 is 71.5 Å². The summed E-state index contributed by atoms with van der Waals surface area (Å²) in [6.07, 6.45) is -5.49. The summed E-state index contributed by atoms with van der Waals surface area (Å²) in [6.45, 7) is 3.99. The highest BCUT2D eigenvalue weighted by Crippen LogP contribution is 2.33. The fourth-order valence-corrected chi connectivity index (χ4v) is 5.65. The molecule has 3 aliphatic rings. The van der Waals surface area contributed by atoms with Crippen LogP contribution < -0.4 is 27.4 Å². The lowest BCUT2D eigenvalue weighted by Gasteiger charge is -2.50. The van der Waals surface area contributed by atoms with Gasteiger partial charge in [0, 0.05) is 26.2 Å². The molecule has 2 heterocycles. The number of nitrogens with one attached hydrogen (secondary N) is 4. The van der Waals surface area contributed by atoms with E-state index in [1.165, 1.54) is 14.0 Å². The second-order valence-electron chi connectivity index (χ2n) is 11.2. The molecular weight excluding hydrogens is 528 g/mol. The van der Waals surface area contributed by atoms with Crippen LogP contribution >= 0.6 is 0 Å². The van der Waals surface area contributed by atoms with E-state index in [1.54, 1.807) is 14.0 Å². The van der Waals surface area contributed by atoms with Crippen LogP contribution in [0.1, 0.15) is 33.1 Å². The van der Waals surface area contributed by atoms with Gasteiger partial charge in [0.1, 0.15) is 42.0 Å². The summed E-state index contributed by atoms with van der Waals surface area (Å²) in [5.41, 5.74) is 11.6. The number of nitrogens with two attached hydrogens (primary N) is 2. The predicted octanol–water partition coefficient (Wildman–Crippen LogP) is -3.71. The minimum absolute atomic E-state index is 0.0135. The lowest BCUT2D eigenvalue weighted by Crippen LogP contribution is -2.69. The quantitative estimate of drug-likeness (QED) is 0.0609. The lowest BCUT2D eigenvalue weighted by molar-refractivity contribution is -0.310. The first-order valence-corrected chi connectivity index (χ1v) is 14.0. The first kappa shape index (κ1) is 33.5. The van der Waals surface area contributed by atoms with Crippen molar-refractivity contribution in [2.24, 2.45) is 11.5 Å². The molecule has 7 unspecified atom stereocenters. The molecule has 15 heteroatoms. The first-order chi connectivity index (χ1) is 18.9. The van der Waals surface area contributed by atoms with Gasteiger partial charge >= 0.3 is 0 Å². The van der Waals surface area contributed by atoms with Crippen molar-refractivity contribution in [1.29, 1.82) is 5.41 Å². The maximum absolute atomic E-state index is 11.6. The number of rotatable bonds is 12. The highest BCUT2D eigenvalue weighted by molar-refractivity contribution is 5.83. The Morgan fingerprint density at radius 2 is 1.85 bits per heavy atom. The summed E-state index contributed by atoms with van der Waals surface area (Å²) < 4.78 is 30.1. The van der Waals surface area contributed by atoms with Crippen LogP contribution in [0, 0.1) is 5.41 Å². The molecule has 234 valence electrons. The Morgan fingerprint density at radius 3 is 2.48 bits per heavy atom. The Kier molecular flexibility index (Phi) is 12.5. The molecule has 0 amide bonds. The van der Waals surface area contributed by atoms with Gasteiger partial charge in [0.2, 0.25) is 0 Å². The molecular formula is C25H50N6O9. The monoisotopic (exact) mass is 578 g/mol. The number of aliphatic hydroxyl groups excluding tert-OH is 3. The van der Waals surface area contributed by atoms with Gasteiger partial charge in [0.15, 0.2) is 12.6 Å². The highest BCUT2D eigenvalue weighted by atomic mass is 16.7. The average Bonchev–Trinajstić information content (AvgIpc) is 2.90. The van der Waals surface area contributed by atoms with Crippen molar-refractivity contribution in [1.82, 2.24) is 16.0 Å². The number of hydrogen-bond acceptors (Lipinski definition) is 14. The van der Waals surface area contributed by atoms with E-state index < -0.39 is 72.9 Å². The van der Waals surface area contributed by atoms with Crippen LogP contribution in [-0.2, 0) is 23.7 Å². The van der Waals surface area contributed by atoms with Crippen LogP contribution in [0.4, 0.5) is 0 Å². The van der Waals surface area contributed by atoms with Crippen LogP contribution in [0.5, 0.6) is 0 Å². The number of methoxy groups -OCH3 is 1. The fourth-order valence-electron chi connectivity index (χ4n) is 5.65. The minimum atomic E-state index is -1.30. The van der Waals surface area contributed by atoms with Crippen molar-refractivity contribution in [2.45, 2.75) is 112 Å². The summed E-state index contributed by atoms with van der Waals surface area (Å²) >= 11 is 0. The van der Waals surface area contributed by atoms with Gasteiger partial charge in [-0.1, -0.05) is 0 Å². The Balaban J connectivity index is 1.79. The zero-order valence-corrected chi connectivity index (χ0v) is 23.9. The van der Waals surface area contributed by atoms with E-state index >= 15 is 0 Å². The third-order valence-electron chi connectivity index (χ3n) is 7.91. The Labute approximate surface area is 235 Å². The fraction of sp³-hybridized carbons (Fsp3) is 0.960. The van der Waals surface area contributed by atoms with E-state index in [2.05, 4.69) is 16.0 Å². The van der Waals surface area contributed by atoms with E-state index in [0.717, 1.165) is 0 Å². The average molecular weight is 579 g/mol. The van der Waals surface area contributed by atoms with Gasteiger partial charge in [-0.2, -0.15) is 0 Å². The molecule has 13 atom stereocenters. The number of likely N-dealkylation sites (N-methyl/N-ethyl adjacent to an activating group) is 1. The summed E-state index contributed by atoms with van der Waals surface area (Å²) in [5, 5.41) is 58.6. The molecule has 0 radical (unpaired) electrons. The molecule has 1 aliphatic carbocycles. The Hall–Kier alpha value is -1.05. The molecule has 0 aromatic carbocycles. The molecule has 0 aromatic rings. The number of aliphatic hydroxyl groups is 4. The summed E-state index contributed by atoms with van der Waals surface area (Å²) in [4.78, 5) is 0. The van der Waals surface area contributed by atoms with Crippen LogP contribution in [0.3, 0.4) is 0 Å². The molecule has 0 spiro atoms. The molecule has 15 nitrogen and oxygen atoms in total. The SMILES string of the molecule is CN[C@@H]1C(OC)[C@@H](OC2C(O)C(O[C@H]3O[C@H](CNCCO)CCC3N)[C@@H](N)C[C@H]2NC(=N)C(C)O)OCC1(C)O. The second kappa shape index (κ2) is 14.9. The maximum Gasteiger partial charge on any atom is 0.186 e. The van der Waals surface area contributed by atoms with Crippen LogP contribution in [-0.4, -0.2) is 146 Å². The second-order valence-corrected chi connectivity index (χ2v) is 11.2. The molecule has 2 aliphatic heterocycles. The van der Waals surface area contributed by atoms with E-state index in [0.29, 0.717) is 25.9 Å². The van der Waals surface area contributed by atoms with Gasteiger partial charge in [-0.25, -0.2) is 0 Å². The van der Waals surface area contributed by atoms with Crippen molar-refractivity contribution in [3.63, 3.8) is 0 Å². The maximum atomic E-state index is 11.6. The minimum Gasteiger partial charge on any atom is -0.395 e. The lowest BCUT2D eigenvalue weighted by atomic mass is 9.83. The molecule has 0 aromatic heterocycles. The van der Waals surface area contributed by atoms with Gasteiger partial charge in [-0.15, -0.1) is 0 Å². The zero-order chi connectivity index (χ0) is 29.6. The molecule has 3 rings (SSSR count). The highest BCUT2D eigenvalue weighted by Gasteiger charge is 2.52. The van der Waals surface area contributed by atoms with Crippen molar-refractivity contribution >= 4 is 5.84 Å². The molecule has 2 saturated heterocycles. The van der Waals surface area contributed by atoms with Crippen molar-refractivity contribution in [3.05, 3.63) is 0 Å². The van der Waals surface area contributed by atoms with Crippen molar-refractivity contribution in [2.75, 3.05) is 40.5 Å². The Morgan fingerprint density at radius 1 is 1.15 bits per heavy atom.